The number of rotatable bonds is 12. The predicted molar refractivity (Wildman–Crippen MR) is 82.0 cm³/mol. The molecule has 0 aromatic heterocycles. The van der Waals surface area contributed by atoms with E-state index in [4.69, 9.17) is 10.6 Å². The van der Waals surface area contributed by atoms with Crippen LogP contribution < -0.4 is 0 Å². The summed E-state index contributed by atoms with van der Waals surface area (Å²) in [5, 5.41) is 0. The zero-order chi connectivity index (χ0) is 14.7. The SMILES string of the molecule is CC(C)CC[O][Ga]([O]CCC(C)C)[O]CCC(C)C. The molecule has 0 bridgehead atoms. The molecule has 0 spiro atoms. The molecule has 19 heavy (non-hydrogen) atoms. The molecule has 0 aliphatic rings. The van der Waals surface area contributed by atoms with Gasteiger partial charge in [0.15, 0.2) is 0 Å². The van der Waals surface area contributed by atoms with Crippen molar-refractivity contribution in [1.82, 2.24) is 0 Å². The van der Waals surface area contributed by atoms with Crippen molar-refractivity contribution in [2.45, 2.75) is 60.8 Å². The van der Waals surface area contributed by atoms with E-state index in [0.29, 0.717) is 17.8 Å². The Bertz CT molecular complexity index is 163. The molecule has 0 saturated heterocycles. The third-order valence-corrected chi connectivity index (χ3v) is 6.04. The van der Waals surface area contributed by atoms with Gasteiger partial charge in [-0.1, -0.05) is 0 Å². The van der Waals surface area contributed by atoms with Crippen LogP contribution >= 0.6 is 0 Å². The molecule has 0 atom stereocenters. The Hall–Kier alpha value is 0.516. The van der Waals surface area contributed by atoms with Crippen LogP contribution in [0.4, 0.5) is 0 Å². The van der Waals surface area contributed by atoms with Gasteiger partial charge in [0.2, 0.25) is 0 Å². The fraction of sp³-hybridized carbons (Fsp3) is 1.00. The summed E-state index contributed by atoms with van der Waals surface area (Å²) in [4.78, 5) is 0. The molecule has 0 aliphatic carbocycles. The average Bonchev–Trinajstić information content (AvgIpc) is 2.26. The summed E-state index contributed by atoms with van der Waals surface area (Å²) in [7, 11) is 0. The minimum atomic E-state index is -2.41. The molecule has 0 heterocycles. The molecule has 0 radical (unpaired) electrons. The Morgan fingerprint density at radius 3 is 1.05 bits per heavy atom. The van der Waals surface area contributed by atoms with Crippen molar-refractivity contribution in [3.8, 4) is 0 Å². The molecule has 3 nitrogen and oxygen atoms in total. The topological polar surface area (TPSA) is 27.7 Å². The molecule has 0 unspecified atom stereocenters. The summed E-state index contributed by atoms with van der Waals surface area (Å²) < 4.78 is 17.6. The van der Waals surface area contributed by atoms with E-state index in [1.165, 1.54) is 0 Å². The van der Waals surface area contributed by atoms with Gasteiger partial charge < -0.3 is 0 Å². The van der Waals surface area contributed by atoms with Crippen molar-refractivity contribution >= 4 is 17.3 Å². The van der Waals surface area contributed by atoms with Gasteiger partial charge in [-0.3, -0.25) is 0 Å². The second-order valence-electron chi connectivity index (χ2n) is 6.45. The van der Waals surface area contributed by atoms with Gasteiger partial charge in [-0.2, -0.15) is 0 Å². The summed E-state index contributed by atoms with van der Waals surface area (Å²) >= 11 is -2.41. The molecule has 114 valence electrons. The van der Waals surface area contributed by atoms with Crippen molar-refractivity contribution < 1.29 is 10.6 Å². The van der Waals surface area contributed by atoms with Crippen molar-refractivity contribution in [3.63, 3.8) is 0 Å². The van der Waals surface area contributed by atoms with Crippen LogP contribution in [0, 0.1) is 17.8 Å². The van der Waals surface area contributed by atoms with E-state index in [-0.39, 0.29) is 0 Å². The summed E-state index contributed by atoms with van der Waals surface area (Å²) in [6.45, 7) is 15.6. The molecule has 0 saturated carbocycles. The quantitative estimate of drug-likeness (QED) is 0.503. The Balaban J connectivity index is 3.85. The fourth-order valence-electron chi connectivity index (χ4n) is 1.34. The van der Waals surface area contributed by atoms with Crippen molar-refractivity contribution in [3.05, 3.63) is 0 Å². The molecule has 0 aromatic rings. The molecule has 0 fully saturated rings. The summed E-state index contributed by atoms with van der Waals surface area (Å²) in [5.41, 5.74) is 0. The van der Waals surface area contributed by atoms with Gasteiger partial charge in [-0.25, -0.2) is 0 Å². The van der Waals surface area contributed by atoms with Gasteiger partial charge in [-0.05, 0) is 0 Å². The van der Waals surface area contributed by atoms with Crippen LogP contribution in [0.25, 0.3) is 0 Å². The second-order valence-corrected chi connectivity index (χ2v) is 9.76. The monoisotopic (exact) mass is 330 g/mol. The van der Waals surface area contributed by atoms with Crippen LogP contribution in [0.1, 0.15) is 60.8 Å². The Morgan fingerprint density at radius 1 is 0.579 bits per heavy atom. The maximum atomic E-state index is 5.86. The maximum absolute atomic E-state index is 5.86. The molecular weight excluding hydrogens is 298 g/mol. The van der Waals surface area contributed by atoms with Crippen molar-refractivity contribution in [1.29, 1.82) is 0 Å². The zero-order valence-corrected chi connectivity index (χ0v) is 16.2. The summed E-state index contributed by atoms with van der Waals surface area (Å²) in [6, 6.07) is 0. The molecule has 0 aliphatic heterocycles. The van der Waals surface area contributed by atoms with Crippen molar-refractivity contribution in [2.75, 3.05) is 19.8 Å². The standard InChI is InChI=1S/3C5H11O.Ga/c3*1-5(2)3-4-6;/h3*5H,3-4H2,1-2H3;/q3*-1;+3. The minimum absolute atomic E-state index is 0.675. The first-order valence-electron chi connectivity index (χ1n) is 7.76. The normalized spacial score (nSPS) is 11.8. The number of hydrogen-bond donors (Lipinski definition) is 0. The van der Waals surface area contributed by atoms with Gasteiger partial charge in [0, 0.05) is 0 Å². The molecule has 0 amide bonds. The van der Waals surface area contributed by atoms with Crippen LogP contribution in [0.15, 0.2) is 0 Å². The van der Waals surface area contributed by atoms with Gasteiger partial charge in [0.1, 0.15) is 0 Å². The van der Waals surface area contributed by atoms with Crippen LogP contribution in [0.5, 0.6) is 0 Å². The second kappa shape index (κ2) is 12.3. The van der Waals surface area contributed by atoms with E-state index < -0.39 is 17.3 Å². The third-order valence-electron chi connectivity index (χ3n) is 2.85. The molecule has 0 aromatic carbocycles. The summed E-state index contributed by atoms with van der Waals surface area (Å²) in [5.74, 6) is 2.03. The van der Waals surface area contributed by atoms with Crippen LogP contribution in [-0.4, -0.2) is 37.1 Å². The molecule has 0 rings (SSSR count). The zero-order valence-electron chi connectivity index (χ0n) is 13.8. The first-order valence-corrected chi connectivity index (χ1v) is 10.7. The molecular formula is C15H33GaO3. The van der Waals surface area contributed by atoms with E-state index in [9.17, 15) is 0 Å². The van der Waals surface area contributed by atoms with Crippen molar-refractivity contribution in [2.24, 2.45) is 17.8 Å². The Morgan fingerprint density at radius 2 is 0.842 bits per heavy atom. The van der Waals surface area contributed by atoms with Gasteiger partial charge in [-0.15, -0.1) is 0 Å². The number of hydrogen-bond acceptors (Lipinski definition) is 3. The molecule has 4 heteroatoms. The van der Waals surface area contributed by atoms with Crippen LogP contribution in [0.3, 0.4) is 0 Å². The first-order chi connectivity index (χ1) is 8.91. The van der Waals surface area contributed by atoms with E-state index >= 15 is 0 Å². The third kappa shape index (κ3) is 14.7. The first kappa shape index (κ1) is 19.5. The molecule has 0 N–H and O–H groups in total. The van der Waals surface area contributed by atoms with Gasteiger partial charge in [0.05, 0.1) is 0 Å². The van der Waals surface area contributed by atoms with E-state index in [1.54, 1.807) is 0 Å². The van der Waals surface area contributed by atoms with Crippen LogP contribution in [-0.2, 0) is 10.6 Å². The average molecular weight is 331 g/mol. The van der Waals surface area contributed by atoms with E-state index in [0.717, 1.165) is 39.1 Å². The fourth-order valence-corrected chi connectivity index (χ4v) is 4.02. The predicted octanol–water partition coefficient (Wildman–Crippen LogP) is 4.16. The van der Waals surface area contributed by atoms with Crippen LogP contribution in [0.2, 0.25) is 0 Å². The van der Waals surface area contributed by atoms with Gasteiger partial charge in [0.25, 0.3) is 0 Å². The Kier molecular flexibility index (Phi) is 12.6. The van der Waals surface area contributed by atoms with E-state index in [1.807, 2.05) is 0 Å². The van der Waals surface area contributed by atoms with Gasteiger partial charge >= 0.3 is 126 Å². The van der Waals surface area contributed by atoms with E-state index in [2.05, 4.69) is 41.5 Å². The summed E-state index contributed by atoms with van der Waals surface area (Å²) in [6.07, 6.45) is 3.26. The Labute approximate surface area is 126 Å².